The third kappa shape index (κ3) is 2.89. The van der Waals surface area contributed by atoms with Crippen molar-refractivity contribution in [3.63, 3.8) is 0 Å². The van der Waals surface area contributed by atoms with Gasteiger partial charge in [-0.2, -0.15) is 0 Å². The van der Waals surface area contributed by atoms with Crippen molar-refractivity contribution in [2.75, 3.05) is 0 Å². The van der Waals surface area contributed by atoms with Crippen LogP contribution in [0.5, 0.6) is 0 Å². The maximum atomic E-state index is 10.2. The molecule has 20 heavy (non-hydrogen) atoms. The molecule has 3 rings (SSSR count). The van der Waals surface area contributed by atoms with Gasteiger partial charge in [-0.3, -0.25) is 0 Å². The average molecular weight is 266 g/mol. The average Bonchev–Trinajstić information content (AvgIpc) is 2.92. The van der Waals surface area contributed by atoms with E-state index in [0.29, 0.717) is 0 Å². The van der Waals surface area contributed by atoms with Gasteiger partial charge in [-0.1, -0.05) is 36.4 Å². The van der Waals surface area contributed by atoms with Crippen molar-refractivity contribution in [1.29, 1.82) is 0 Å². The van der Waals surface area contributed by atoms with E-state index < -0.39 is 6.10 Å². The minimum absolute atomic E-state index is 0.487. The summed E-state index contributed by atoms with van der Waals surface area (Å²) in [4.78, 5) is 4.45. The number of aliphatic hydroxyl groups excluding tert-OH is 1. The van der Waals surface area contributed by atoms with Gasteiger partial charge in [0.2, 0.25) is 0 Å². The largest absolute Gasteiger partial charge is 0.387 e. The number of aromatic nitrogens is 2. The molecule has 1 aromatic carbocycles. The Kier molecular flexibility index (Phi) is 3.79. The fourth-order valence-corrected chi connectivity index (χ4v) is 2.41. The number of aliphatic hydroxyl groups is 1. The van der Waals surface area contributed by atoms with E-state index >= 15 is 0 Å². The highest BCUT2D eigenvalue weighted by molar-refractivity contribution is 5.39. The molecule has 0 aliphatic heterocycles. The Morgan fingerprint density at radius 1 is 1.05 bits per heavy atom. The molecular weight excluding hydrogens is 248 g/mol. The number of fused-ring (bicyclic) bond motifs is 1. The normalized spacial score (nSPS) is 12.7. The fraction of sp³-hybridized carbons (Fsp3) is 0.235. The van der Waals surface area contributed by atoms with Crippen molar-refractivity contribution in [2.24, 2.45) is 0 Å². The Morgan fingerprint density at radius 2 is 1.85 bits per heavy atom. The first-order valence-electron chi connectivity index (χ1n) is 6.98. The standard InChI is InChI=1S/C17H18N2O/c20-16(10-6-9-14-7-2-1-3-8-14)15-13-19-12-5-4-11-17(19)18-15/h1-5,7-8,11-13,16,20H,6,9-10H2. The Labute approximate surface area is 118 Å². The summed E-state index contributed by atoms with van der Waals surface area (Å²) in [5, 5.41) is 10.2. The van der Waals surface area contributed by atoms with Gasteiger partial charge in [0, 0.05) is 12.4 Å². The lowest BCUT2D eigenvalue weighted by molar-refractivity contribution is 0.160. The smallest absolute Gasteiger partial charge is 0.137 e. The Balaban J connectivity index is 1.60. The number of rotatable bonds is 5. The van der Waals surface area contributed by atoms with E-state index in [1.807, 2.05) is 53.2 Å². The van der Waals surface area contributed by atoms with Crippen LogP contribution in [0.1, 0.15) is 30.2 Å². The van der Waals surface area contributed by atoms with E-state index in [4.69, 9.17) is 0 Å². The molecule has 0 aliphatic rings. The van der Waals surface area contributed by atoms with Crippen LogP contribution in [0.3, 0.4) is 0 Å². The summed E-state index contributed by atoms with van der Waals surface area (Å²) < 4.78 is 1.94. The van der Waals surface area contributed by atoms with Gasteiger partial charge in [0.05, 0.1) is 11.8 Å². The van der Waals surface area contributed by atoms with Crippen LogP contribution in [-0.4, -0.2) is 14.5 Å². The number of aryl methyl sites for hydroxylation is 1. The molecule has 0 bridgehead atoms. The third-order valence-electron chi connectivity index (χ3n) is 3.51. The van der Waals surface area contributed by atoms with Crippen molar-refractivity contribution in [3.8, 4) is 0 Å². The molecular formula is C17H18N2O. The molecule has 2 aromatic heterocycles. The van der Waals surface area contributed by atoms with Crippen LogP contribution >= 0.6 is 0 Å². The molecule has 1 unspecified atom stereocenters. The van der Waals surface area contributed by atoms with Gasteiger partial charge in [0.25, 0.3) is 0 Å². The predicted molar refractivity (Wildman–Crippen MR) is 79.5 cm³/mol. The highest BCUT2D eigenvalue weighted by Crippen LogP contribution is 2.19. The summed E-state index contributed by atoms with van der Waals surface area (Å²) in [5.41, 5.74) is 2.95. The lowest BCUT2D eigenvalue weighted by atomic mass is 10.1. The molecule has 0 spiro atoms. The summed E-state index contributed by atoms with van der Waals surface area (Å²) in [5.74, 6) is 0. The van der Waals surface area contributed by atoms with Gasteiger partial charge in [0.1, 0.15) is 5.65 Å². The van der Waals surface area contributed by atoms with Crippen molar-refractivity contribution in [1.82, 2.24) is 9.38 Å². The van der Waals surface area contributed by atoms with E-state index in [9.17, 15) is 5.11 Å². The van der Waals surface area contributed by atoms with Crippen LogP contribution in [-0.2, 0) is 6.42 Å². The number of hydrogen-bond acceptors (Lipinski definition) is 2. The van der Waals surface area contributed by atoms with Gasteiger partial charge in [0.15, 0.2) is 0 Å². The number of benzene rings is 1. The zero-order valence-electron chi connectivity index (χ0n) is 11.3. The molecule has 0 amide bonds. The molecule has 0 fully saturated rings. The summed E-state index contributed by atoms with van der Waals surface area (Å²) in [6.07, 6.45) is 6.05. The zero-order valence-corrected chi connectivity index (χ0v) is 11.3. The second-order valence-corrected chi connectivity index (χ2v) is 5.03. The van der Waals surface area contributed by atoms with E-state index in [-0.39, 0.29) is 0 Å². The van der Waals surface area contributed by atoms with Gasteiger partial charge < -0.3 is 9.51 Å². The van der Waals surface area contributed by atoms with E-state index in [0.717, 1.165) is 30.6 Å². The summed E-state index contributed by atoms with van der Waals surface area (Å²) in [6.45, 7) is 0. The van der Waals surface area contributed by atoms with Gasteiger partial charge >= 0.3 is 0 Å². The maximum Gasteiger partial charge on any atom is 0.137 e. The highest BCUT2D eigenvalue weighted by atomic mass is 16.3. The monoisotopic (exact) mass is 266 g/mol. The molecule has 3 aromatic rings. The molecule has 1 N–H and O–H groups in total. The van der Waals surface area contributed by atoms with E-state index in [1.54, 1.807) is 0 Å². The quantitative estimate of drug-likeness (QED) is 0.768. The molecule has 3 heteroatoms. The SMILES string of the molecule is OC(CCCc1ccccc1)c1cn2ccccc2n1. The molecule has 0 radical (unpaired) electrons. The number of pyridine rings is 1. The Hall–Kier alpha value is -2.13. The van der Waals surface area contributed by atoms with Crippen LogP contribution in [0, 0.1) is 0 Å². The third-order valence-corrected chi connectivity index (χ3v) is 3.51. The number of hydrogen-bond donors (Lipinski definition) is 1. The number of nitrogens with zero attached hydrogens (tertiary/aromatic N) is 2. The van der Waals surface area contributed by atoms with Crippen LogP contribution < -0.4 is 0 Å². The molecule has 2 heterocycles. The van der Waals surface area contributed by atoms with Crippen LogP contribution in [0.4, 0.5) is 0 Å². The van der Waals surface area contributed by atoms with E-state index in [2.05, 4.69) is 17.1 Å². The van der Waals surface area contributed by atoms with Crippen LogP contribution in [0.25, 0.3) is 5.65 Å². The van der Waals surface area contributed by atoms with E-state index in [1.165, 1.54) is 5.56 Å². The van der Waals surface area contributed by atoms with Crippen molar-refractivity contribution < 1.29 is 5.11 Å². The minimum Gasteiger partial charge on any atom is -0.387 e. The van der Waals surface area contributed by atoms with Crippen molar-refractivity contribution in [3.05, 3.63) is 72.2 Å². The lowest BCUT2D eigenvalue weighted by Crippen LogP contribution is -1.98. The highest BCUT2D eigenvalue weighted by Gasteiger charge is 2.11. The predicted octanol–water partition coefficient (Wildman–Crippen LogP) is 3.39. The van der Waals surface area contributed by atoms with Gasteiger partial charge in [-0.25, -0.2) is 4.98 Å². The summed E-state index contributed by atoms with van der Waals surface area (Å²) in [6, 6.07) is 16.2. The second kappa shape index (κ2) is 5.88. The maximum absolute atomic E-state index is 10.2. The summed E-state index contributed by atoms with van der Waals surface area (Å²) >= 11 is 0. The molecule has 0 saturated heterocycles. The minimum atomic E-state index is -0.487. The second-order valence-electron chi connectivity index (χ2n) is 5.03. The van der Waals surface area contributed by atoms with Crippen molar-refractivity contribution >= 4 is 5.65 Å². The fourth-order valence-electron chi connectivity index (χ4n) is 2.41. The van der Waals surface area contributed by atoms with Crippen molar-refractivity contribution in [2.45, 2.75) is 25.4 Å². The molecule has 0 aliphatic carbocycles. The Bertz CT molecular complexity index is 643. The van der Waals surface area contributed by atoms with Crippen LogP contribution in [0.15, 0.2) is 60.9 Å². The zero-order chi connectivity index (χ0) is 13.8. The molecule has 3 nitrogen and oxygen atoms in total. The number of imidazole rings is 1. The first-order chi connectivity index (χ1) is 9.83. The van der Waals surface area contributed by atoms with Crippen LogP contribution in [0.2, 0.25) is 0 Å². The summed E-state index contributed by atoms with van der Waals surface area (Å²) in [7, 11) is 0. The first kappa shape index (κ1) is 12.9. The first-order valence-corrected chi connectivity index (χ1v) is 6.98. The topological polar surface area (TPSA) is 37.5 Å². The Morgan fingerprint density at radius 3 is 2.65 bits per heavy atom. The molecule has 0 saturated carbocycles. The van der Waals surface area contributed by atoms with Gasteiger partial charge in [-0.05, 0) is 37.0 Å². The van der Waals surface area contributed by atoms with Gasteiger partial charge in [-0.15, -0.1) is 0 Å². The molecule has 1 atom stereocenters. The lowest BCUT2D eigenvalue weighted by Gasteiger charge is -2.07. The molecule has 102 valence electrons.